The van der Waals surface area contributed by atoms with Gasteiger partial charge in [0.25, 0.3) is 5.69 Å². The van der Waals surface area contributed by atoms with E-state index in [1.54, 1.807) is 26.0 Å². The summed E-state index contributed by atoms with van der Waals surface area (Å²) in [7, 11) is 0. The predicted molar refractivity (Wildman–Crippen MR) is 62.8 cm³/mol. The monoisotopic (exact) mass is 232 g/mol. The molecule has 0 N–H and O–H groups in total. The van der Waals surface area contributed by atoms with Crippen molar-refractivity contribution < 1.29 is 9.45 Å². The molecule has 17 heavy (non-hydrogen) atoms. The van der Waals surface area contributed by atoms with Gasteiger partial charge in [-0.05, 0) is 26.3 Å². The van der Waals surface area contributed by atoms with Crippen LogP contribution in [0, 0.1) is 30.9 Å². The average Bonchev–Trinajstić information content (AvgIpc) is 2.67. The second-order valence-electron chi connectivity index (χ2n) is 4.01. The van der Waals surface area contributed by atoms with Gasteiger partial charge in [0.05, 0.1) is 10.6 Å². The van der Waals surface area contributed by atoms with E-state index in [0.717, 1.165) is 5.56 Å². The van der Waals surface area contributed by atoms with E-state index in [1.807, 2.05) is 13.0 Å². The molecule has 5 heteroatoms. The second-order valence-corrected chi connectivity index (χ2v) is 4.01. The fraction of sp³-hybridized carbons (Fsp3) is 0.250. The van der Waals surface area contributed by atoms with Crippen LogP contribution >= 0.6 is 0 Å². The van der Waals surface area contributed by atoms with Crippen molar-refractivity contribution >= 4 is 5.69 Å². The maximum Gasteiger partial charge on any atom is 0.283 e. The van der Waals surface area contributed by atoms with Crippen molar-refractivity contribution in [2.45, 2.75) is 20.8 Å². The molecular formula is C12H12N2O3. The summed E-state index contributed by atoms with van der Waals surface area (Å²) in [6.45, 7) is 5.31. The van der Waals surface area contributed by atoms with E-state index >= 15 is 0 Å². The fourth-order valence-electron chi connectivity index (χ4n) is 1.82. The van der Waals surface area contributed by atoms with E-state index in [-0.39, 0.29) is 10.6 Å². The number of hydrogen-bond donors (Lipinski definition) is 0. The van der Waals surface area contributed by atoms with Gasteiger partial charge in [-0.15, -0.1) is 0 Å². The van der Waals surface area contributed by atoms with Crippen molar-refractivity contribution in [2.24, 2.45) is 0 Å². The number of nitro groups is 1. The van der Waals surface area contributed by atoms with Crippen LogP contribution in [-0.4, -0.2) is 10.1 Å². The topological polar surface area (TPSA) is 69.2 Å². The van der Waals surface area contributed by atoms with Crippen LogP contribution in [0.25, 0.3) is 11.3 Å². The van der Waals surface area contributed by atoms with Crippen LogP contribution < -0.4 is 0 Å². The van der Waals surface area contributed by atoms with E-state index in [0.29, 0.717) is 22.6 Å². The number of benzene rings is 1. The summed E-state index contributed by atoms with van der Waals surface area (Å²) >= 11 is 0. The summed E-state index contributed by atoms with van der Waals surface area (Å²) in [5.41, 5.74) is 2.72. The van der Waals surface area contributed by atoms with Crippen LogP contribution in [0.3, 0.4) is 0 Å². The van der Waals surface area contributed by atoms with Gasteiger partial charge in [0, 0.05) is 11.6 Å². The first-order chi connectivity index (χ1) is 8.00. The van der Waals surface area contributed by atoms with Crippen molar-refractivity contribution in [3.05, 3.63) is 45.1 Å². The molecule has 0 amide bonds. The van der Waals surface area contributed by atoms with Crippen LogP contribution in [0.4, 0.5) is 5.69 Å². The molecule has 0 bridgehead atoms. The molecule has 0 aliphatic heterocycles. The third-order valence-corrected chi connectivity index (χ3v) is 2.64. The normalized spacial score (nSPS) is 10.5. The molecule has 0 aliphatic carbocycles. The Kier molecular flexibility index (Phi) is 2.67. The minimum atomic E-state index is -0.379. The molecule has 2 aromatic rings. The molecule has 88 valence electrons. The number of nitrogens with zero attached hydrogens (tertiary/aromatic N) is 2. The molecule has 0 fully saturated rings. The highest BCUT2D eigenvalue weighted by Gasteiger charge is 2.23. The van der Waals surface area contributed by atoms with Gasteiger partial charge in [0.1, 0.15) is 5.56 Å². The molecule has 0 saturated heterocycles. The molecule has 0 unspecified atom stereocenters. The van der Waals surface area contributed by atoms with Gasteiger partial charge in [-0.3, -0.25) is 10.1 Å². The highest BCUT2D eigenvalue weighted by Crippen LogP contribution is 2.35. The third-order valence-electron chi connectivity index (χ3n) is 2.64. The van der Waals surface area contributed by atoms with Crippen LogP contribution in [0.2, 0.25) is 0 Å². The summed E-state index contributed by atoms with van der Waals surface area (Å²) in [5.74, 6) is 0.440. The second kappa shape index (κ2) is 4.01. The van der Waals surface area contributed by atoms with Gasteiger partial charge in [-0.2, -0.15) is 0 Å². The Morgan fingerprint density at radius 1 is 1.24 bits per heavy atom. The fourth-order valence-corrected chi connectivity index (χ4v) is 1.82. The van der Waals surface area contributed by atoms with E-state index in [1.165, 1.54) is 0 Å². The average molecular weight is 232 g/mol. The zero-order valence-electron chi connectivity index (χ0n) is 9.85. The maximum absolute atomic E-state index is 11.1. The number of nitro benzene ring substituents is 1. The summed E-state index contributed by atoms with van der Waals surface area (Å²) in [6.07, 6.45) is 0. The molecule has 1 aromatic carbocycles. The summed E-state index contributed by atoms with van der Waals surface area (Å²) in [6, 6.07) is 5.28. The lowest BCUT2D eigenvalue weighted by atomic mass is 10.0. The minimum absolute atomic E-state index is 0.0844. The molecule has 0 spiro atoms. The summed E-state index contributed by atoms with van der Waals surface area (Å²) in [5, 5.41) is 14.9. The van der Waals surface area contributed by atoms with Gasteiger partial charge in [-0.1, -0.05) is 17.3 Å². The standard InChI is InChI=1S/C12H12N2O3/c1-7-4-5-8(2)12(14(15)16)11(7)10-6-9(3)13-17-10/h4-6H,1-3H3. The Morgan fingerprint density at radius 3 is 2.41 bits per heavy atom. The maximum atomic E-state index is 11.1. The number of aromatic nitrogens is 1. The molecule has 0 atom stereocenters. The first-order valence-electron chi connectivity index (χ1n) is 5.19. The van der Waals surface area contributed by atoms with E-state index in [9.17, 15) is 10.1 Å². The lowest BCUT2D eigenvalue weighted by molar-refractivity contribution is -0.384. The summed E-state index contributed by atoms with van der Waals surface area (Å²) in [4.78, 5) is 10.7. The zero-order valence-corrected chi connectivity index (χ0v) is 9.85. The molecule has 0 aliphatic rings. The lowest BCUT2D eigenvalue weighted by Crippen LogP contribution is -1.96. The van der Waals surface area contributed by atoms with Gasteiger partial charge in [0.2, 0.25) is 0 Å². The van der Waals surface area contributed by atoms with Crippen LogP contribution in [0.1, 0.15) is 16.8 Å². The molecule has 0 saturated carbocycles. The predicted octanol–water partition coefficient (Wildman–Crippen LogP) is 3.18. The molecule has 0 radical (unpaired) electrons. The van der Waals surface area contributed by atoms with E-state index in [4.69, 9.17) is 4.52 Å². The quantitative estimate of drug-likeness (QED) is 0.589. The minimum Gasteiger partial charge on any atom is -0.356 e. The van der Waals surface area contributed by atoms with Gasteiger partial charge in [0.15, 0.2) is 5.76 Å². The molecule has 2 rings (SSSR count). The van der Waals surface area contributed by atoms with Gasteiger partial charge in [-0.25, -0.2) is 0 Å². The number of rotatable bonds is 2. The van der Waals surface area contributed by atoms with Crippen molar-refractivity contribution in [2.75, 3.05) is 0 Å². The lowest BCUT2D eigenvalue weighted by Gasteiger charge is -2.05. The van der Waals surface area contributed by atoms with Crippen molar-refractivity contribution in [3.63, 3.8) is 0 Å². The zero-order chi connectivity index (χ0) is 12.6. The van der Waals surface area contributed by atoms with Crippen molar-refractivity contribution in [3.8, 4) is 11.3 Å². The largest absolute Gasteiger partial charge is 0.356 e. The van der Waals surface area contributed by atoms with Gasteiger partial charge >= 0.3 is 0 Å². The SMILES string of the molecule is Cc1cc(-c2c(C)ccc(C)c2[N+](=O)[O-])on1. The molecular weight excluding hydrogens is 220 g/mol. The van der Waals surface area contributed by atoms with Gasteiger partial charge < -0.3 is 4.52 Å². The summed E-state index contributed by atoms with van der Waals surface area (Å²) < 4.78 is 5.12. The molecule has 5 nitrogen and oxygen atoms in total. The Morgan fingerprint density at radius 2 is 1.88 bits per heavy atom. The van der Waals surface area contributed by atoms with E-state index < -0.39 is 0 Å². The third kappa shape index (κ3) is 1.91. The Labute approximate surface area is 98.2 Å². The van der Waals surface area contributed by atoms with Crippen molar-refractivity contribution in [1.82, 2.24) is 5.16 Å². The smallest absolute Gasteiger partial charge is 0.283 e. The molecule has 1 heterocycles. The number of aryl methyl sites for hydroxylation is 3. The Bertz CT molecular complexity index is 587. The van der Waals surface area contributed by atoms with Crippen LogP contribution in [0.15, 0.2) is 22.7 Å². The van der Waals surface area contributed by atoms with Crippen LogP contribution in [-0.2, 0) is 0 Å². The first-order valence-corrected chi connectivity index (χ1v) is 5.19. The number of hydrogen-bond acceptors (Lipinski definition) is 4. The highest BCUT2D eigenvalue weighted by atomic mass is 16.6. The first kappa shape index (κ1) is 11.3. The van der Waals surface area contributed by atoms with E-state index in [2.05, 4.69) is 5.16 Å². The van der Waals surface area contributed by atoms with Crippen LogP contribution in [0.5, 0.6) is 0 Å². The Hall–Kier alpha value is -2.17. The Balaban J connectivity index is 2.75. The van der Waals surface area contributed by atoms with Crippen molar-refractivity contribution in [1.29, 1.82) is 0 Å². The molecule has 1 aromatic heterocycles. The highest BCUT2D eigenvalue weighted by molar-refractivity contribution is 5.75.